The Morgan fingerprint density at radius 3 is 2.68 bits per heavy atom. The quantitative estimate of drug-likeness (QED) is 0.753. The molecule has 0 fully saturated rings. The van der Waals surface area contributed by atoms with E-state index in [0.29, 0.717) is 10.9 Å². The molecule has 1 rings (SSSR count). The zero-order valence-corrected chi connectivity index (χ0v) is 12.9. The standard InChI is InChI=1S/C13H25N3O2S/c1-4-8-14-12(5-2)7-6-9-16-11-13(10-15-16)19(3,17)18/h10-12,14H,4-9H2,1-3H3. The molecule has 0 aromatic carbocycles. The van der Waals surface area contributed by atoms with Crippen LogP contribution < -0.4 is 5.32 Å². The summed E-state index contributed by atoms with van der Waals surface area (Å²) in [5, 5.41) is 7.59. The topological polar surface area (TPSA) is 64.0 Å². The largest absolute Gasteiger partial charge is 0.314 e. The van der Waals surface area contributed by atoms with Crippen LogP contribution in [0, 0.1) is 0 Å². The van der Waals surface area contributed by atoms with Crippen LogP contribution in [-0.4, -0.2) is 37.0 Å². The number of sulfone groups is 1. The van der Waals surface area contributed by atoms with Crippen molar-refractivity contribution in [2.24, 2.45) is 0 Å². The van der Waals surface area contributed by atoms with Crippen molar-refractivity contribution in [1.29, 1.82) is 0 Å². The lowest BCUT2D eigenvalue weighted by Crippen LogP contribution is -2.29. The Kier molecular flexibility index (Phi) is 6.51. The summed E-state index contributed by atoms with van der Waals surface area (Å²) in [7, 11) is -3.14. The van der Waals surface area contributed by atoms with Crippen molar-refractivity contribution in [1.82, 2.24) is 15.1 Å². The van der Waals surface area contributed by atoms with Gasteiger partial charge >= 0.3 is 0 Å². The highest BCUT2D eigenvalue weighted by molar-refractivity contribution is 7.90. The molecule has 19 heavy (non-hydrogen) atoms. The molecule has 110 valence electrons. The fraction of sp³-hybridized carbons (Fsp3) is 0.769. The minimum absolute atomic E-state index is 0.295. The highest BCUT2D eigenvalue weighted by atomic mass is 32.2. The highest BCUT2D eigenvalue weighted by Crippen LogP contribution is 2.08. The lowest BCUT2D eigenvalue weighted by atomic mass is 10.1. The van der Waals surface area contributed by atoms with Gasteiger partial charge < -0.3 is 5.32 Å². The van der Waals surface area contributed by atoms with Crippen molar-refractivity contribution in [2.45, 2.75) is 57.0 Å². The average molecular weight is 287 g/mol. The number of aryl methyl sites for hydroxylation is 1. The van der Waals surface area contributed by atoms with E-state index in [-0.39, 0.29) is 0 Å². The fourth-order valence-electron chi connectivity index (χ4n) is 1.96. The van der Waals surface area contributed by atoms with Crippen LogP contribution in [0.4, 0.5) is 0 Å². The van der Waals surface area contributed by atoms with Gasteiger partial charge in [0.1, 0.15) is 4.90 Å². The minimum atomic E-state index is -3.14. The molecule has 1 heterocycles. The normalized spacial score (nSPS) is 13.6. The van der Waals surface area contributed by atoms with Crippen molar-refractivity contribution >= 4 is 9.84 Å². The van der Waals surface area contributed by atoms with E-state index in [0.717, 1.165) is 38.8 Å². The van der Waals surface area contributed by atoms with Gasteiger partial charge in [0, 0.05) is 25.0 Å². The molecule has 1 atom stereocenters. The van der Waals surface area contributed by atoms with Gasteiger partial charge in [0.2, 0.25) is 0 Å². The van der Waals surface area contributed by atoms with Gasteiger partial charge in [-0.05, 0) is 32.2 Å². The molecule has 0 aliphatic heterocycles. The molecule has 0 saturated carbocycles. The van der Waals surface area contributed by atoms with Crippen molar-refractivity contribution in [3.63, 3.8) is 0 Å². The Hall–Kier alpha value is -0.880. The van der Waals surface area contributed by atoms with Crippen LogP contribution >= 0.6 is 0 Å². The fourth-order valence-corrected chi connectivity index (χ4v) is 2.51. The maximum Gasteiger partial charge on any atom is 0.178 e. The van der Waals surface area contributed by atoms with Gasteiger partial charge in [0.25, 0.3) is 0 Å². The number of nitrogens with zero attached hydrogens (tertiary/aromatic N) is 2. The van der Waals surface area contributed by atoms with Crippen LogP contribution in [0.3, 0.4) is 0 Å². The van der Waals surface area contributed by atoms with E-state index < -0.39 is 9.84 Å². The first-order valence-electron chi connectivity index (χ1n) is 6.93. The van der Waals surface area contributed by atoms with E-state index in [1.165, 1.54) is 12.5 Å². The van der Waals surface area contributed by atoms with E-state index in [9.17, 15) is 8.42 Å². The second-order valence-corrected chi connectivity index (χ2v) is 6.93. The van der Waals surface area contributed by atoms with Crippen molar-refractivity contribution in [3.8, 4) is 0 Å². The van der Waals surface area contributed by atoms with Gasteiger partial charge in [-0.25, -0.2) is 8.42 Å². The van der Waals surface area contributed by atoms with E-state index in [4.69, 9.17) is 0 Å². The summed E-state index contributed by atoms with van der Waals surface area (Å²) in [4.78, 5) is 0.295. The Morgan fingerprint density at radius 2 is 2.16 bits per heavy atom. The number of aromatic nitrogens is 2. The third-order valence-corrected chi connectivity index (χ3v) is 4.22. The van der Waals surface area contributed by atoms with Crippen molar-refractivity contribution < 1.29 is 8.42 Å². The molecule has 1 aromatic rings. The predicted octanol–water partition coefficient (Wildman–Crippen LogP) is 1.85. The third-order valence-electron chi connectivity index (χ3n) is 3.15. The molecular formula is C13H25N3O2S. The molecule has 0 saturated heterocycles. The minimum Gasteiger partial charge on any atom is -0.314 e. The monoisotopic (exact) mass is 287 g/mol. The maximum atomic E-state index is 11.3. The van der Waals surface area contributed by atoms with E-state index in [1.807, 2.05) is 0 Å². The smallest absolute Gasteiger partial charge is 0.178 e. The molecular weight excluding hydrogens is 262 g/mol. The second-order valence-electron chi connectivity index (χ2n) is 4.91. The predicted molar refractivity (Wildman–Crippen MR) is 76.9 cm³/mol. The van der Waals surface area contributed by atoms with Crippen LogP contribution in [0.15, 0.2) is 17.3 Å². The van der Waals surface area contributed by atoms with E-state index in [2.05, 4.69) is 24.3 Å². The van der Waals surface area contributed by atoms with E-state index >= 15 is 0 Å². The molecule has 0 aliphatic rings. The molecule has 0 amide bonds. The first-order valence-corrected chi connectivity index (χ1v) is 8.82. The number of rotatable bonds is 9. The highest BCUT2D eigenvalue weighted by Gasteiger charge is 2.10. The van der Waals surface area contributed by atoms with Crippen molar-refractivity contribution in [2.75, 3.05) is 12.8 Å². The second kappa shape index (κ2) is 7.65. The number of nitrogens with one attached hydrogen (secondary N) is 1. The lowest BCUT2D eigenvalue weighted by molar-refractivity contribution is 0.431. The molecule has 5 nitrogen and oxygen atoms in total. The zero-order valence-electron chi connectivity index (χ0n) is 12.1. The van der Waals surface area contributed by atoms with Crippen LogP contribution in [0.2, 0.25) is 0 Å². The number of hydrogen-bond donors (Lipinski definition) is 1. The summed E-state index contributed by atoms with van der Waals surface area (Å²) in [5.74, 6) is 0. The summed E-state index contributed by atoms with van der Waals surface area (Å²) in [5.41, 5.74) is 0. The first kappa shape index (κ1) is 16.2. The lowest BCUT2D eigenvalue weighted by Gasteiger charge is -2.16. The Labute approximate surface area is 116 Å². The first-order chi connectivity index (χ1) is 8.97. The summed E-state index contributed by atoms with van der Waals surface area (Å²) in [6.07, 6.45) is 8.58. The van der Waals surface area contributed by atoms with Gasteiger partial charge in [-0.1, -0.05) is 13.8 Å². The molecule has 0 spiro atoms. The van der Waals surface area contributed by atoms with Gasteiger partial charge in [0.05, 0.1) is 6.20 Å². The SMILES string of the molecule is CCCNC(CC)CCCn1cc(S(C)(=O)=O)cn1. The molecule has 1 N–H and O–H groups in total. The van der Waals surface area contributed by atoms with Crippen LogP contribution in [0.1, 0.15) is 39.5 Å². The van der Waals surface area contributed by atoms with Gasteiger partial charge in [-0.15, -0.1) is 0 Å². The summed E-state index contributed by atoms with van der Waals surface area (Å²) >= 11 is 0. The maximum absolute atomic E-state index is 11.3. The Morgan fingerprint density at radius 1 is 1.42 bits per heavy atom. The Balaban J connectivity index is 2.38. The van der Waals surface area contributed by atoms with Crippen LogP contribution in [0.25, 0.3) is 0 Å². The molecule has 0 bridgehead atoms. The van der Waals surface area contributed by atoms with Gasteiger partial charge in [-0.2, -0.15) is 5.10 Å². The van der Waals surface area contributed by atoms with Gasteiger partial charge in [-0.3, -0.25) is 4.68 Å². The summed E-state index contributed by atoms with van der Waals surface area (Å²) in [6.45, 7) is 6.16. The third kappa shape index (κ3) is 5.74. The van der Waals surface area contributed by atoms with Crippen LogP contribution in [-0.2, 0) is 16.4 Å². The van der Waals surface area contributed by atoms with Crippen molar-refractivity contribution in [3.05, 3.63) is 12.4 Å². The Bertz CT molecular complexity index is 468. The molecule has 0 aliphatic carbocycles. The summed E-state index contributed by atoms with van der Waals surface area (Å²) in [6, 6.07) is 0.546. The van der Waals surface area contributed by atoms with Crippen LogP contribution in [0.5, 0.6) is 0 Å². The zero-order chi connectivity index (χ0) is 14.3. The summed E-state index contributed by atoms with van der Waals surface area (Å²) < 4.78 is 24.4. The molecule has 1 aromatic heterocycles. The van der Waals surface area contributed by atoms with E-state index in [1.54, 1.807) is 10.9 Å². The molecule has 1 unspecified atom stereocenters. The molecule has 6 heteroatoms. The number of hydrogen-bond acceptors (Lipinski definition) is 4. The average Bonchev–Trinajstić information content (AvgIpc) is 2.82. The molecule has 0 radical (unpaired) electrons. The van der Waals surface area contributed by atoms with Gasteiger partial charge in [0.15, 0.2) is 9.84 Å².